The molecule has 0 fully saturated rings. The zero-order valence-electron chi connectivity index (χ0n) is 24.0. The van der Waals surface area contributed by atoms with E-state index in [0.717, 1.165) is 41.6 Å². The van der Waals surface area contributed by atoms with E-state index < -0.39 is 0 Å². The van der Waals surface area contributed by atoms with E-state index in [4.69, 9.17) is 0 Å². The van der Waals surface area contributed by atoms with Gasteiger partial charge in [-0.3, -0.25) is 0 Å². The van der Waals surface area contributed by atoms with Gasteiger partial charge in [0.1, 0.15) is 0 Å². The Bertz CT molecular complexity index is 2520. The monoisotopic (exact) mass is 599 g/mol. The van der Waals surface area contributed by atoms with Crippen LogP contribution in [0.3, 0.4) is 0 Å². The first kappa shape index (κ1) is 25.5. The van der Waals surface area contributed by atoms with Gasteiger partial charge < -0.3 is 4.57 Å². The Labute approximate surface area is 262 Å². The molecule has 0 N–H and O–H groups in total. The summed E-state index contributed by atoms with van der Waals surface area (Å²) in [7, 11) is 0. The summed E-state index contributed by atoms with van der Waals surface area (Å²) in [6, 6.07) is 31.1. The molecular formula is C39H25N3S2. The Morgan fingerprint density at radius 3 is 2.55 bits per heavy atom. The summed E-state index contributed by atoms with van der Waals surface area (Å²) < 4.78 is 6.24. The molecule has 2 aliphatic carbocycles. The van der Waals surface area contributed by atoms with Gasteiger partial charge in [0.05, 0.1) is 28.9 Å². The lowest BCUT2D eigenvalue weighted by molar-refractivity contribution is 0.700. The maximum absolute atomic E-state index is 9.91. The van der Waals surface area contributed by atoms with Crippen molar-refractivity contribution < 1.29 is 0 Å². The van der Waals surface area contributed by atoms with Crippen LogP contribution in [0, 0.1) is 28.6 Å². The van der Waals surface area contributed by atoms with Gasteiger partial charge in [-0.25, -0.2) is 0 Å². The fourth-order valence-corrected chi connectivity index (χ4v) is 9.73. The Morgan fingerprint density at radius 2 is 1.66 bits per heavy atom. The summed E-state index contributed by atoms with van der Waals surface area (Å²) >= 11 is 3.72. The number of rotatable bonds is 2. The third-order valence-electron chi connectivity index (χ3n) is 9.37. The van der Waals surface area contributed by atoms with Gasteiger partial charge in [0, 0.05) is 62.9 Å². The highest BCUT2D eigenvalue weighted by molar-refractivity contribution is 7.26. The molecule has 1 atom stereocenters. The lowest BCUT2D eigenvalue weighted by atomic mass is 9.88. The predicted octanol–water partition coefficient (Wildman–Crippen LogP) is 10.8. The van der Waals surface area contributed by atoms with Crippen LogP contribution in [0.2, 0.25) is 0 Å². The molecule has 0 aliphatic heterocycles. The van der Waals surface area contributed by atoms with Crippen LogP contribution < -0.4 is 0 Å². The normalized spacial score (nSPS) is 15.8. The molecule has 3 heterocycles. The molecule has 2 aliphatic rings. The molecule has 44 heavy (non-hydrogen) atoms. The highest BCUT2D eigenvalue weighted by atomic mass is 32.1. The van der Waals surface area contributed by atoms with E-state index >= 15 is 0 Å². The number of nitriles is 2. The Kier molecular flexibility index (Phi) is 5.53. The third kappa shape index (κ3) is 3.64. The minimum Gasteiger partial charge on any atom is -0.312 e. The van der Waals surface area contributed by atoms with Crippen LogP contribution in [-0.2, 0) is 12.8 Å². The molecule has 3 aromatic heterocycles. The van der Waals surface area contributed by atoms with Crippen LogP contribution in [0.15, 0.2) is 84.4 Å². The zero-order valence-corrected chi connectivity index (χ0v) is 25.7. The van der Waals surface area contributed by atoms with Crippen molar-refractivity contribution in [2.24, 2.45) is 5.92 Å². The molecule has 0 spiro atoms. The summed E-state index contributed by atoms with van der Waals surface area (Å²) in [4.78, 5) is 1.38. The summed E-state index contributed by atoms with van der Waals surface area (Å²) in [5, 5.41) is 24.6. The summed E-state index contributed by atoms with van der Waals surface area (Å²) in [6.45, 7) is 2.15. The number of thiophene rings is 2. The molecule has 1 unspecified atom stereocenters. The number of allylic oxidation sites excluding steroid dienone is 2. The molecule has 0 saturated carbocycles. The van der Waals surface area contributed by atoms with Crippen LogP contribution in [-0.4, -0.2) is 4.57 Å². The number of benzene rings is 4. The van der Waals surface area contributed by atoms with E-state index in [9.17, 15) is 10.5 Å². The maximum Gasteiger partial charge on any atom is 0.0992 e. The average molecular weight is 600 g/mol. The number of nitrogens with zero attached hydrogens (tertiary/aromatic N) is 3. The molecule has 0 amide bonds. The van der Waals surface area contributed by atoms with Crippen LogP contribution in [0.5, 0.6) is 0 Å². The molecule has 0 radical (unpaired) electrons. The first-order valence-electron chi connectivity index (χ1n) is 15.0. The molecular weight excluding hydrogens is 575 g/mol. The summed E-state index contributed by atoms with van der Waals surface area (Å²) in [6.07, 6.45) is 9.55. The second-order valence-electron chi connectivity index (χ2n) is 11.9. The second-order valence-corrected chi connectivity index (χ2v) is 14.1. The van der Waals surface area contributed by atoms with Crippen molar-refractivity contribution in [1.29, 1.82) is 10.5 Å². The van der Waals surface area contributed by atoms with Crippen molar-refractivity contribution in [1.82, 2.24) is 4.57 Å². The van der Waals surface area contributed by atoms with Gasteiger partial charge in [-0.1, -0.05) is 49.4 Å². The standard InChI is InChI=1S/C39H25N3S2/c1-22-14-37-30(17-25(22)21-41)32-18-31-29-16-24(11-13-36(29)43-38(31)19-39(32)44-37)26-12-10-23(20-40)15-35(26)42-33-8-4-2-6-27(33)28-7-3-5-9-34(28)42/h2-4,6-8,10-13,15-19,22H,5,9,14H2,1H3. The summed E-state index contributed by atoms with van der Waals surface area (Å²) in [5.74, 6) is 0.269. The maximum atomic E-state index is 9.91. The lowest BCUT2D eigenvalue weighted by Crippen LogP contribution is -2.06. The minimum absolute atomic E-state index is 0.269. The summed E-state index contributed by atoms with van der Waals surface area (Å²) in [5.41, 5.74) is 9.83. The number of para-hydroxylation sites is 1. The lowest BCUT2D eigenvalue weighted by Gasteiger charge is -2.18. The van der Waals surface area contributed by atoms with Crippen molar-refractivity contribution in [3.05, 3.63) is 112 Å². The van der Waals surface area contributed by atoms with E-state index in [1.54, 1.807) is 0 Å². The largest absolute Gasteiger partial charge is 0.312 e. The molecule has 7 aromatic rings. The van der Waals surface area contributed by atoms with Crippen LogP contribution in [0.25, 0.3) is 70.1 Å². The average Bonchev–Trinajstić information content (AvgIpc) is 3.71. The number of hydrogen-bond donors (Lipinski definition) is 0. The Hall–Kier alpha value is -4.94. The Morgan fingerprint density at radius 1 is 0.795 bits per heavy atom. The SMILES string of the molecule is CC1Cc2sc3cc4sc5ccc(-c6ccc(C#N)cc6-n6c7c(c8ccccc86)C=CCC7)cc5c4cc3c2C=C1C#N. The number of aromatic nitrogens is 1. The molecule has 5 heteroatoms. The van der Waals surface area contributed by atoms with Crippen molar-refractivity contribution in [3.8, 4) is 29.0 Å². The number of fused-ring (bicyclic) bond motifs is 9. The molecule has 0 saturated heterocycles. The van der Waals surface area contributed by atoms with Crippen LogP contribution >= 0.6 is 22.7 Å². The highest BCUT2D eigenvalue weighted by Crippen LogP contribution is 2.45. The first-order valence-corrected chi connectivity index (χ1v) is 16.6. The van der Waals surface area contributed by atoms with E-state index in [-0.39, 0.29) is 5.92 Å². The fourth-order valence-electron chi connectivity index (χ4n) is 7.22. The molecule has 3 nitrogen and oxygen atoms in total. The molecule has 0 bridgehead atoms. The van der Waals surface area contributed by atoms with Crippen molar-refractivity contribution in [3.63, 3.8) is 0 Å². The van der Waals surface area contributed by atoms with E-state index in [2.05, 4.69) is 109 Å². The zero-order chi connectivity index (χ0) is 29.5. The Balaban J connectivity index is 1.28. The van der Waals surface area contributed by atoms with Gasteiger partial charge in [-0.2, -0.15) is 10.5 Å². The molecule has 208 valence electrons. The van der Waals surface area contributed by atoms with Gasteiger partial charge in [0.2, 0.25) is 0 Å². The minimum atomic E-state index is 0.269. The van der Waals surface area contributed by atoms with Crippen molar-refractivity contribution in [2.45, 2.75) is 26.2 Å². The van der Waals surface area contributed by atoms with Crippen molar-refractivity contribution in [2.75, 3.05) is 0 Å². The van der Waals surface area contributed by atoms with E-state index in [1.807, 2.05) is 28.7 Å². The van der Waals surface area contributed by atoms with E-state index in [0.29, 0.717) is 5.56 Å². The van der Waals surface area contributed by atoms with Gasteiger partial charge in [-0.05, 0) is 84.8 Å². The van der Waals surface area contributed by atoms with Gasteiger partial charge in [0.15, 0.2) is 0 Å². The van der Waals surface area contributed by atoms with Crippen LogP contribution in [0.1, 0.15) is 40.6 Å². The highest BCUT2D eigenvalue weighted by Gasteiger charge is 2.24. The van der Waals surface area contributed by atoms with E-state index in [1.165, 1.54) is 62.9 Å². The van der Waals surface area contributed by atoms with Gasteiger partial charge in [-0.15, -0.1) is 22.7 Å². The van der Waals surface area contributed by atoms with Crippen molar-refractivity contribution >= 4 is 76.0 Å². The van der Waals surface area contributed by atoms with Crippen LogP contribution in [0.4, 0.5) is 0 Å². The number of hydrogen-bond acceptors (Lipinski definition) is 4. The molecule has 4 aromatic carbocycles. The third-order valence-corrected chi connectivity index (χ3v) is 11.7. The van der Waals surface area contributed by atoms with Gasteiger partial charge in [0.25, 0.3) is 0 Å². The fraction of sp³-hybridized carbons (Fsp3) is 0.128. The molecule has 9 rings (SSSR count). The topological polar surface area (TPSA) is 52.5 Å². The van der Waals surface area contributed by atoms with Gasteiger partial charge >= 0.3 is 0 Å². The second kappa shape index (κ2) is 9.53. The quantitative estimate of drug-likeness (QED) is 0.198. The first-order chi connectivity index (χ1) is 21.6. The predicted molar refractivity (Wildman–Crippen MR) is 186 cm³/mol. The smallest absolute Gasteiger partial charge is 0.0992 e.